The second kappa shape index (κ2) is 7.60. The predicted octanol–water partition coefficient (Wildman–Crippen LogP) is 2.20. The third kappa shape index (κ3) is 3.96. The maximum atomic E-state index is 12.5. The summed E-state index contributed by atoms with van der Waals surface area (Å²) in [5, 5.41) is 10.9. The van der Waals surface area contributed by atoms with Gasteiger partial charge in [-0.05, 0) is 44.5 Å². The first-order chi connectivity index (χ1) is 13.6. The Hall–Kier alpha value is -3.31. The summed E-state index contributed by atoms with van der Waals surface area (Å²) in [6, 6.07) is 8.35. The van der Waals surface area contributed by atoms with E-state index in [0.717, 1.165) is 24.0 Å². The fourth-order valence-corrected chi connectivity index (χ4v) is 4.13. The molecule has 2 aromatic carbocycles. The van der Waals surface area contributed by atoms with Gasteiger partial charge in [-0.15, -0.1) is 4.83 Å². The van der Waals surface area contributed by atoms with E-state index < -0.39 is 20.9 Å². The van der Waals surface area contributed by atoms with E-state index in [2.05, 4.69) is 10.4 Å². The van der Waals surface area contributed by atoms with Crippen molar-refractivity contribution in [1.29, 1.82) is 0 Å². The molecule has 0 spiro atoms. The van der Waals surface area contributed by atoms with E-state index in [1.54, 1.807) is 18.2 Å². The summed E-state index contributed by atoms with van der Waals surface area (Å²) >= 11 is 0. The summed E-state index contributed by atoms with van der Waals surface area (Å²) in [6.07, 6.45) is 0. The summed E-state index contributed by atoms with van der Waals surface area (Å²) in [4.78, 5) is 28.7. The zero-order chi connectivity index (χ0) is 21.3. The number of hydrogen-bond donors (Lipinski definition) is 2. The second-order valence-corrected chi connectivity index (χ2v) is 8.02. The Bertz CT molecular complexity index is 1230. The molecule has 0 fully saturated rings. The Morgan fingerprint density at radius 3 is 2.59 bits per heavy atom. The first kappa shape index (κ1) is 20.4. The molecule has 0 aliphatic carbocycles. The van der Waals surface area contributed by atoms with Crippen LogP contribution in [0.2, 0.25) is 0 Å². The molecule has 0 aliphatic heterocycles. The van der Waals surface area contributed by atoms with E-state index in [4.69, 9.17) is 0 Å². The van der Waals surface area contributed by atoms with Gasteiger partial charge in [0.25, 0.3) is 21.6 Å². The van der Waals surface area contributed by atoms with E-state index in [0.29, 0.717) is 11.1 Å². The molecule has 0 saturated carbocycles. The number of hydrazine groups is 1. The quantitative estimate of drug-likeness (QED) is 0.466. The van der Waals surface area contributed by atoms with Crippen molar-refractivity contribution in [2.45, 2.75) is 32.2 Å². The van der Waals surface area contributed by atoms with E-state index in [-0.39, 0.29) is 16.1 Å². The molecule has 3 rings (SSSR count). The monoisotopic (exact) mass is 417 g/mol. The average Bonchev–Trinajstić information content (AvgIpc) is 3.00. The molecule has 0 unspecified atom stereocenters. The van der Waals surface area contributed by atoms with Crippen LogP contribution in [0, 0.1) is 24.0 Å². The van der Waals surface area contributed by atoms with Gasteiger partial charge in [-0.3, -0.25) is 20.3 Å². The third-order valence-corrected chi connectivity index (χ3v) is 5.88. The van der Waals surface area contributed by atoms with E-state index in [9.17, 15) is 23.3 Å². The third-order valence-electron chi connectivity index (χ3n) is 4.49. The number of hydrogen-bond acceptors (Lipinski definition) is 6. The molecule has 11 heteroatoms. The number of nitro groups is 1. The fraction of sp³-hybridized carbons (Fsp3) is 0.222. The smallest absolute Gasteiger partial charge is 0.270 e. The number of rotatable bonds is 6. The Balaban J connectivity index is 1.82. The molecule has 1 heterocycles. The number of fused-ring (bicyclic) bond motifs is 1. The summed E-state index contributed by atoms with van der Waals surface area (Å²) in [5.41, 5.74) is 3.78. The largest absolute Gasteiger partial charge is 0.329 e. The molecule has 0 atom stereocenters. The highest BCUT2D eigenvalue weighted by atomic mass is 32.2. The van der Waals surface area contributed by atoms with Crippen LogP contribution in [0.1, 0.15) is 28.7 Å². The molecule has 0 radical (unpaired) electrons. The molecule has 0 aliphatic rings. The molecule has 29 heavy (non-hydrogen) atoms. The van der Waals surface area contributed by atoms with E-state index in [1.807, 2.05) is 23.2 Å². The molecule has 3 aromatic rings. The van der Waals surface area contributed by atoms with Crippen molar-refractivity contribution in [2.75, 3.05) is 0 Å². The van der Waals surface area contributed by atoms with Crippen molar-refractivity contribution in [3.8, 4) is 0 Å². The van der Waals surface area contributed by atoms with Crippen molar-refractivity contribution < 1.29 is 18.1 Å². The summed E-state index contributed by atoms with van der Waals surface area (Å²) in [6.45, 7) is 6.08. The Labute approximate surface area is 166 Å². The van der Waals surface area contributed by atoms with Crippen LogP contribution >= 0.6 is 0 Å². The standard InChI is InChI=1S/C18H19N5O5S/c1-4-22-12(3)19-15-9-13(6-8-16(15)22)18(24)20-21-29(27,28)17-10-14(23(25)26)7-5-11(17)2/h5-10,21H,4H2,1-3H3,(H,20,24). The first-order valence-corrected chi connectivity index (χ1v) is 10.2. The number of aromatic nitrogens is 2. The lowest BCUT2D eigenvalue weighted by molar-refractivity contribution is -0.385. The molecule has 152 valence electrons. The van der Waals surface area contributed by atoms with Gasteiger partial charge in [0.05, 0.1) is 20.9 Å². The highest BCUT2D eigenvalue weighted by molar-refractivity contribution is 7.89. The minimum Gasteiger partial charge on any atom is -0.329 e. The Morgan fingerprint density at radius 1 is 1.21 bits per heavy atom. The number of amides is 1. The number of carbonyl (C=O) groups is 1. The molecular formula is C18H19N5O5S. The van der Waals surface area contributed by atoms with Crippen LogP contribution in [-0.4, -0.2) is 28.8 Å². The van der Waals surface area contributed by atoms with Gasteiger partial charge in [0.15, 0.2) is 0 Å². The second-order valence-electron chi connectivity index (χ2n) is 6.37. The minimum atomic E-state index is -4.21. The summed E-state index contributed by atoms with van der Waals surface area (Å²) < 4.78 is 27.0. The van der Waals surface area contributed by atoms with Gasteiger partial charge in [0.1, 0.15) is 5.82 Å². The predicted molar refractivity (Wildman–Crippen MR) is 106 cm³/mol. The normalized spacial score (nSPS) is 11.6. The number of benzene rings is 2. The average molecular weight is 417 g/mol. The number of aryl methyl sites for hydroxylation is 3. The van der Waals surface area contributed by atoms with Crippen LogP contribution in [0.3, 0.4) is 0 Å². The van der Waals surface area contributed by atoms with Crippen LogP contribution in [0.25, 0.3) is 11.0 Å². The van der Waals surface area contributed by atoms with Crippen LogP contribution < -0.4 is 10.3 Å². The van der Waals surface area contributed by atoms with Gasteiger partial charge in [0.2, 0.25) is 0 Å². The molecular weight excluding hydrogens is 398 g/mol. The van der Waals surface area contributed by atoms with Gasteiger partial charge in [0, 0.05) is 24.2 Å². The zero-order valence-corrected chi connectivity index (χ0v) is 16.8. The van der Waals surface area contributed by atoms with Crippen LogP contribution in [-0.2, 0) is 16.6 Å². The number of sulfonamides is 1. The molecule has 1 amide bonds. The first-order valence-electron chi connectivity index (χ1n) is 8.68. The van der Waals surface area contributed by atoms with Crippen molar-refractivity contribution in [1.82, 2.24) is 19.8 Å². The van der Waals surface area contributed by atoms with Gasteiger partial charge < -0.3 is 4.57 Å². The topological polar surface area (TPSA) is 136 Å². The zero-order valence-electron chi connectivity index (χ0n) is 16.0. The van der Waals surface area contributed by atoms with Crippen LogP contribution in [0.5, 0.6) is 0 Å². The van der Waals surface area contributed by atoms with Gasteiger partial charge >= 0.3 is 0 Å². The van der Waals surface area contributed by atoms with Crippen molar-refractivity contribution in [3.05, 3.63) is 63.5 Å². The summed E-state index contributed by atoms with van der Waals surface area (Å²) in [7, 11) is -4.21. The Kier molecular flexibility index (Phi) is 5.36. The highest BCUT2D eigenvalue weighted by Crippen LogP contribution is 2.21. The highest BCUT2D eigenvalue weighted by Gasteiger charge is 2.21. The SMILES string of the molecule is CCn1c(C)nc2cc(C(=O)NNS(=O)(=O)c3cc([N+](=O)[O-])ccc3C)ccc21. The van der Waals surface area contributed by atoms with E-state index >= 15 is 0 Å². The molecule has 10 nitrogen and oxygen atoms in total. The number of nitrogens with one attached hydrogen (secondary N) is 2. The molecule has 2 N–H and O–H groups in total. The number of nitrogens with zero attached hydrogens (tertiary/aromatic N) is 3. The fourth-order valence-electron chi connectivity index (χ4n) is 3.02. The molecule has 0 saturated heterocycles. The lowest BCUT2D eigenvalue weighted by atomic mass is 10.2. The van der Waals surface area contributed by atoms with Crippen molar-refractivity contribution in [3.63, 3.8) is 0 Å². The maximum absolute atomic E-state index is 12.5. The summed E-state index contributed by atoms with van der Waals surface area (Å²) in [5.74, 6) is 0.129. The van der Waals surface area contributed by atoms with Crippen molar-refractivity contribution >= 4 is 32.7 Å². The molecule has 1 aromatic heterocycles. The van der Waals surface area contributed by atoms with Gasteiger partial charge in [-0.2, -0.15) is 0 Å². The Morgan fingerprint density at radius 2 is 1.93 bits per heavy atom. The number of non-ortho nitro benzene ring substituents is 1. The number of imidazole rings is 1. The van der Waals surface area contributed by atoms with Crippen molar-refractivity contribution in [2.24, 2.45) is 0 Å². The minimum absolute atomic E-state index is 0.219. The van der Waals surface area contributed by atoms with Gasteiger partial charge in [-0.1, -0.05) is 6.07 Å². The van der Waals surface area contributed by atoms with Crippen LogP contribution in [0.4, 0.5) is 5.69 Å². The van der Waals surface area contributed by atoms with Crippen LogP contribution in [0.15, 0.2) is 41.3 Å². The lowest BCUT2D eigenvalue weighted by Gasteiger charge is -2.10. The molecule has 0 bridgehead atoms. The number of carbonyl (C=O) groups excluding carboxylic acids is 1. The lowest BCUT2D eigenvalue weighted by Crippen LogP contribution is -2.41. The van der Waals surface area contributed by atoms with E-state index in [1.165, 1.54) is 19.1 Å². The number of nitro benzene ring substituents is 1. The maximum Gasteiger partial charge on any atom is 0.270 e. The van der Waals surface area contributed by atoms with Gasteiger partial charge in [-0.25, -0.2) is 13.4 Å².